The van der Waals surface area contributed by atoms with Gasteiger partial charge in [0.1, 0.15) is 0 Å². The molecule has 9 heteroatoms. The third kappa shape index (κ3) is 188. The van der Waals surface area contributed by atoms with Crippen LogP contribution in [0.2, 0.25) is 0 Å². The predicted octanol–water partition coefficient (Wildman–Crippen LogP) is -3.24. The van der Waals surface area contributed by atoms with Gasteiger partial charge < -0.3 is 0 Å². The molecule has 0 unspecified atom stereocenters. The summed E-state index contributed by atoms with van der Waals surface area (Å²) in [7, 11) is 0. The molecule has 0 fully saturated rings. The van der Waals surface area contributed by atoms with E-state index in [1.165, 1.54) is 0 Å². The first-order chi connectivity index (χ1) is 3.46. The van der Waals surface area contributed by atoms with E-state index in [0.717, 1.165) is 0 Å². The Morgan fingerprint density at radius 3 is 0.778 bits per heavy atom. The molecule has 6 nitrogen and oxygen atoms in total. The molecule has 0 amide bonds. The molecule has 0 rings (SSSR count). The topological polar surface area (TPSA) is 114 Å². The molecule has 0 heterocycles. The Balaban J connectivity index is -0.0000000720. The zero-order valence-corrected chi connectivity index (χ0v) is 10.3. The average Bonchev–Trinajstić information content (AvgIpc) is 1.25. The van der Waals surface area contributed by atoms with Gasteiger partial charge in [0.2, 0.25) is 0 Å². The van der Waals surface area contributed by atoms with Crippen LogP contribution in [0, 0.1) is 0 Å². The minimum atomic E-state index is -3.94. The van der Waals surface area contributed by atoms with Gasteiger partial charge >= 0.3 is 99.0 Å². The maximum atomic E-state index is 8.56. The van der Waals surface area contributed by atoms with E-state index in [1.54, 1.807) is 0 Å². The van der Waals surface area contributed by atoms with Crippen molar-refractivity contribution in [3.05, 3.63) is 0 Å². The fourth-order valence-corrected chi connectivity index (χ4v) is 0. The molecule has 0 atom stereocenters. The summed E-state index contributed by atoms with van der Waals surface area (Å²) in [4.78, 5) is 0. The first kappa shape index (κ1) is 17.0. The largest absolute Gasteiger partial charge is 2.00 e. The molecular weight excluding hydrogens is 286 g/mol. The SMILES string of the molecule is [O]=[V](=[O])[O-].[O]=[V](=[O])[O-].[Sr+2]. The molecule has 0 N–H and O–H groups in total. The van der Waals surface area contributed by atoms with Crippen LogP contribution >= 0.6 is 0 Å². The first-order valence-corrected chi connectivity index (χ1v) is 4.52. The van der Waals surface area contributed by atoms with Gasteiger partial charge in [0.25, 0.3) is 0 Å². The molecule has 0 saturated heterocycles. The summed E-state index contributed by atoms with van der Waals surface area (Å²) in [6.45, 7) is 0. The van der Waals surface area contributed by atoms with Crippen molar-refractivity contribution in [2.24, 2.45) is 0 Å². The molecule has 0 aliphatic carbocycles. The van der Waals surface area contributed by atoms with E-state index in [4.69, 9.17) is 22.8 Å². The standard InChI is InChI=1S/6O.Sr.2V/q;;;;2*-1;+2;;. The van der Waals surface area contributed by atoms with Gasteiger partial charge in [-0.15, -0.1) is 0 Å². The van der Waals surface area contributed by atoms with Crippen molar-refractivity contribution in [1.29, 1.82) is 0 Å². The van der Waals surface area contributed by atoms with E-state index in [9.17, 15) is 0 Å². The van der Waals surface area contributed by atoms with Crippen LogP contribution in [-0.4, -0.2) is 45.5 Å². The van der Waals surface area contributed by atoms with Crippen LogP contribution in [0.3, 0.4) is 0 Å². The fourth-order valence-electron chi connectivity index (χ4n) is 0. The van der Waals surface area contributed by atoms with E-state index < -0.39 is 30.8 Å². The maximum absolute atomic E-state index is 8.56. The van der Waals surface area contributed by atoms with Crippen molar-refractivity contribution in [2.45, 2.75) is 0 Å². The molecule has 0 saturated carbocycles. The average molecular weight is 286 g/mol. The fraction of sp³-hybridized carbons (Fsp3) is 0. The van der Waals surface area contributed by atoms with Crippen molar-refractivity contribution in [2.75, 3.05) is 0 Å². The van der Waals surface area contributed by atoms with E-state index >= 15 is 0 Å². The normalized spacial score (nSPS) is 5.56. The van der Waals surface area contributed by atoms with Gasteiger partial charge in [0.05, 0.1) is 0 Å². The minimum Gasteiger partial charge on any atom is 2.00 e. The van der Waals surface area contributed by atoms with Crippen molar-refractivity contribution in [3.63, 3.8) is 0 Å². The number of hydrogen-bond acceptors (Lipinski definition) is 6. The van der Waals surface area contributed by atoms with Crippen molar-refractivity contribution >= 4 is 45.5 Å². The van der Waals surface area contributed by atoms with Crippen LogP contribution in [0.15, 0.2) is 0 Å². The Kier molecular flexibility index (Phi) is 23.5. The zero-order chi connectivity index (χ0) is 7.15. The van der Waals surface area contributed by atoms with Crippen LogP contribution in [0.1, 0.15) is 0 Å². The summed E-state index contributed by atoms with van der Waals surface area (Å²) >= 11 is -7.88. The molecule has 0 radical (unpaired) electrons. The molecule has 48 valence electrons. The molecule has 9 heavy (non-hydrogen) atoms. The van der Waals surface area contributed by atoms with E-state index in [2.05, 4.69) is 0 Å². The van der Waals surface area contributed by atoms with E-state index in [0.29, 0.717) is 0 Å². The van der Waals surface area contributed by atoms with Gasteiger partial charge in [-0.2, -0.15) is 0 Å². The Morgan fingerprint density at radius 2 is 0.778 bits per heavy atom. The zero-order valence-electron chi connectivity index (χ0n) is 4.05. The summed E-state index contributed by atoms with van der Waals surface area (Å²) in [6.07, 6.45) is 0. The maximum Gasteiger partial charge on any atom is 2.00 e. The molecule has 0 aromatic rings. The molecule has 0 aliphatic rings. The summed E-state index contributed by atoms with van der Waals surface area (Å²) in [5.41, 5.74) is 0. The first-order valence-electron chi connectivity index (χ1n) is 1.10. The Morgan fingerprint density at radius 1 is 0.778 bits per heavy atom. The van der Waals surface area contributed by atoms with Gasteiger partial charge in [-0.3, -0.25) is 0 Å². The Labute approximate surface area is 97.2 Å². The van der Waals surface area contributed by atoms with Crippen molar-refractivity contribution in [3.8, 4) is 0 Å². The van der Waals surface area contributed by atoms with Gasteiger partial charge in [-0.25, -0.2) is 0 Å². The smallest absolute Gasteiger partial charge is 2.00 e. The quantitative estimate of drug-likeness (QED) is 0.432. The van der Waals surface area contributed by atoms with Crippen LogP contribution in [0.25, 0.3) is 0 Å². The van der Waals surface area contributed by atoms with Crippen LogP contribution in [-0.2, 0) is 45.5 Å². The summed E-state index contributed by atoms with van der Waals surface area (Å²) in [6, 6.07) is 0. The Bertz CT molecular complexity index is 128. The molecule has 0 aromatic carbocycles. The second-order valence-corrected chi connectivity index (χ2v) is 1.84. The molecule has 0 aliphatic heterocycles. The minimum absolute atomic E-state index is 0. The summed E-state index contributed by atoms with van der Waals surface area (Å²) in [5, 5.41) is 0. The Hall–Kier alpha value is 1.77. The second kappa shape index (κ2) is 12.4. The van der Waals surface area contributed by atoms with Gasteiger partial charge in [0.15, 0.2) is 0 Å². The van der Waals surface area contributed by atoms with E-state index in [1.807, 2.05) is 0 Å². The van der Waals surface area contributed by atoms with Gasteiger partial charge in [-0.05, 0) is 0 Å². The number of hydrogen-bond donors (Lipinski definition) is 0. The van der Waals surface area contributed by atoms with Crippen LogP contribution < -0.4 is 8.06 Å². The molecule has 0 aromatic heterocycles. The van der Waals surface area contributed by atoms with Gasteiger partial charge in [-0.1, -0.05) is 0 Å². The molecule has 0 spiro atoms. The monoisotopic (exact) mass is 286 g/mol. The van der Waals surface area contributed by atoms with E-state index in [-0.39, 0.29) is 45.5 Å². The van der Waals surface area contributed by atoms with Gasteiger partial charge in [0, 0.05) is 0 Å². The molecule has 0 bridgehead atoms. The summed E-state index contributed by atoms with van der Waals surface area (Å²) in [5.74, 6) is 0. The number of rotatable bonds is 0. The van der Waals surface area contributed by atoms with Crippen LogP contribution in [0.5, 0.6) is 0 Å². The summed E-state index contributed by atoms with van der Waals surface area (Å²) < 4.78 is 51.4. The van der Waals surface area contributed by atoms with Crippen molar-refractivity contribution < 1.29 is 53.6 Å². The molecular formula is O6SrV2. The van der Waals surface area contributed by atoms with Crippen LogP contribution in [0.4, 0.5) is 0 Å². The second-order valence-electron chi connectivity index (χ2n) is 0.447. The third-order valence-corrected chi connectivity index (χ3v) is 0. The predicted molar refractivity (Wildman–Crippen MR) is 8.50 cm³/mol. The van der Waals surface area contributed by atoms with Crippen molar-refractivity contribution in [1.82, 2.24) is 0 Å². The third-order valence-electron chi connectivity index (χ3n) is 0.